The smallest absolute Gasteiger partial charge is 0.270 e. The second-order valence-corrected chi connectivity index (χ2v) is 6.76. The standard InChI is InChI=1S/C18H13NO2S2/c1-12-4-2-3-5-15(12)19-17(21)16(23-18(19)22)10-13-6-8-14(11-20)9-7-13/h2-11H,1H3/b16-10+. The molecule has 0 spiro atoms. The molecule has 1 aliphatic rings. The first-order valence-electron chi connectivity index (χ1n) is 6.99. The van der Waals surface area contributed by atoms with E-state index in [1.807, 2.05) is 43.3 Å². The second kappa shape index (κ2) is 6.48. The lowest BCUT2D eigenvalue weighted by Gasteiger charge is -2.16. The van der Waals surface area contributed by atoms with Gasteiger partial charge in [0, 0.05) is 5.56 Å². The number of carbonyl (C=O) groups is 2. The van der Waals surface area contributed by atoms with Crippen molar-refractivity contribution < 1.29 is 9.59 Å². The van der Waals surface area contributed by atoms with Gasteiger partial charge in [-0.2, -0.15) is 0 Å². The van der Waals surface area contributed by atoms with Crippen LogP contribution in [0.15, 0.2) is 53.4 Å². The predicted molar refractivity (Wildman–Crippen MR) is 98.7 cm³/mol. The lowest BCUT2D eigenvalue weighted by molar-refractivity contribution is -0.113. The molecule has 3 rings (SSSR count). The fourth-order valence-electron chi connectivity index (χ4n) is 2.31. The molecule has 0 atom stereocenters. The Balaban J connectivity index is 1.93. The summed E-state index contributed by atoms with van der Waals surface area (Å²) in [5, 5.41) is 0. The number of aldehydes is 1. The van der Waals surface area contributed by atoms with Crippen molar-refractivity contribution in [2.75, 3.05) is 4.90 Å². The SMILES string of the molecule is Cc1ccccc1N1C(=O)/C(=C\c2ccc(C=O)cc2)SC1=S. The fourth-order valence-corrected chi connectivity index (χ4v) is 3.60. The molecule has 0 aromatic heterocycles. The minimum atomic E-state index is -0.117. The van der Waals surface area contributed by atoms with Crippen LogP contribution in [0.1, 0.15) is 21.5 Å². The third kappa shape index (κ3) is 3.11. The van der Waals surface area contributed by atoms with Crippen molar-refractivity contribution in [2.45, 2.75) is 6.92 Å². The molecular weight excluding hydrogens is 326 g/mol. The van der Waals surface area contributed by atoms with Crippen LogP contribution < -0.4 is 4.90 Å². The zero-order chi connectivity index (χ0) is 16.4. The van der Waals surface area contributed by atoms with Crippen molar-refractivity contribution in [3.63, 3.8) is 0 Å². The van der Waals surface area contributed by atoms with E-state index in [0.717, 1.165) is 23.1 Å². The number of thioether (sulfide) groups is 1. The summed E-state index contributed by atoms with van der Waals surface area (Å²) in [4.78, 5) is 25.5. The Hall–Kier alpha value is -2.24. The van der Waals surface area contributed by atoms with E-state index in [-0.39, 0.29) is 5.91 Å². The molecule has 0 unspecified atom stereocenters. The third-order valence-electron chi connectivity index (χ3n) is 3.52. The molecule has 0 bridgehead atoms. The summed E-state index contributed by atoms with van der Waals surface area (Å²) in [6, 6.07) is 14.7. The second-order valence-electron chi connectivity index (χ2n) is 5.09. The van der Waals surface area contributed by atoms with Gasteiger partial charge in [0.1, 0.15) is 6.29 Å². The summed E-state index contributed by atoms with van der Waals surface area (Å²) >= 11 is 6.66. The molecular formula is C18H13NO2S2. The Morgan fingerprint density at radius 1 is 1.04 bits per heavy atom. The number of para-hydroxylation sites is 1. The first kappa shape index (κ1) is 15.6. The van der Waals surface area contributed by atoms with E-state index in [9.17, 15) is 9.59 Å². The van der Waals surface area contributed by atoms with E-state index in [0.29, 0.717) is 14.8 Å². The Labute approximate surface area is 144 Å². The van der Waals surface area contributed by atoms with E-state index in [1.165, 1.54) is 11.8 Å². The fraction of sp³-hybridized carbons (Fsp3) is 0.0556. The van der Waals surface area contributed by atoms with E-state index >= 15 is 0 Å². The molecule has 1 amide bonds. The Kier molecular flexibility index (Phi) is 4.41. The molecule has 0 aliphatic carbocycles. The van der Waals surface area contributed by atoms with Crippen LogP contribution in [0.5, 0.6) is 0 Å². The van der Waals surface area contributed by atoms with Gasteiger partial charge in [0.15, 0.2) is 4.32 Å². The van der Waals surface area contributed by atoms with E-state index in [1.54, 1.807) is 23.1 Å². The van der Waals surface area contributed by atoms with E-state index in [2.05, 4.69) is 0 Å². The quantitative estimate of drug-likeness (QED) is 0.477. The Morgan fingerprint density at radius 3 is 2.35 bits per heavy atom. The number of anilines is 1. The molecule has 1 heterocycles. The third-order valence-corrected chi connectivity index (χ3v) is 4.82. The van der Waals surface area contributed by atoms with Crippen LogP contribution in [0.3, 0.4) is 0 Å². The minimum Gasteiger partial charge on any atom is -0.298 e. The molecule has 2 aromatic rings. The summed E-state index contributed by atoms with van der Waals surface area (Å²) in [5.41, 5.74) is 3.28. The highest BCUT2D eigenvalue weighted by atomic mass is 32.2. The highest BCUT2D eigenvalue weighted by Gasteiger charge is 2.33. The van der Waals surface area contributed by atoms with Gasteiger partial charge < -0.3 is 0 Å². The van der Waals surface area contributed by atoms with Crippen molar-refractivity contribution >= 4 is 52.3 Å². The monoisotopic (exact) mass is 339 g/mol. The van der Waals surface area contributed by atoms with E-state index in [4.69, 9.17) is 12.2 Å². The van der Waals surface area contributed by atoms with Crippen molar-refractivity contribution in [1.29, 1.82) is 0 Å². The Morgan fingerprint density at radius 2 is 1.70 bits per heavy atom. The number of amides is 1. The molecule has 2 aromatic carbocycles. The van der Waals surface area contributed by atoms with Gasteiger partial charge in [0.05, 0.1) is 10.6 Å². The van der Waals surface area contributed by atoms with Gasteiger partial charge in [-0.25, -0.2) is 0 Å². The number of nitrogens with zero attached hydrogens (tertiary/aromatic N) is 1. The molecule has 114 valence electrons. The van der Waals surface area contributed by atoms with Crippen LogP contribution in [0.4, 0.5) is 5.69 Å². The summed E-state index contributed by atoms with van der Waals surface area (Å²) in [6.07, 6.45) is 2.59. The molecule has 5 heteroatoms. The number of hydrogen-bond donors (Lipinski definition) is 0. The van der Waals surface area contributed by atoms with Gasteiger partial charge in [-0.05, 0) is 30.2 Å². The lowest BCUT2D eigenvalue weighted by atomic mass is 10.1. The average Bonchev–Trinajstić information content (AvgIpc) is 2.83. The largest absolute Gasteiger partial charge is 0.298 e. The number of aryl methyl sites for hydroxylation is 1. The van der Waals surface area contributed by atoms with Crippen LogP contribution in [-0.4, -0.2) is 16.5 Å². The summed E-state index contributed by atoms with van der Waals surface area (Å²) in [7, 11) is 0. The molecule has 1 saturated heterocycles. The zero-order valence-corrected chi connectivity index (χ0v) is 14.0. The first-order chi connectivity index (χ1) is 11.1. The van der Waals surface area contributed by atoms with Crippen LogP contribution in [0.25, 0.3) is 6.08 Å². The van der Waals surface area contributed by atoms with Crippen LogP contribution in [0, 0.1) is 6.92 Å². The summed E-state index contributed by atoms with van der Waals surface area (Å²) in [6.45, 7) is 1.95. The maximum Gasteiger partial charge on any atom is 0.270 e. The maximum atomic E-state index is 12.7. The molecule has 0 radical (unpaired) electrons. The number of hydrogen-bond acceptors (Lipinski definition) is 4. The molecule has 0 saturated carbocycles. The van der Waals surface area contributed by atoms with Gasteiger partial charge in [-0.1, -0.05) is 66.4 Å². The van der Waals surface area contributed by atoms with Crippen LogP contribution >= 0.6 is 24.0 Å². The number of benzene rings is 2. The molecule has 0 N–H and O–H groups in total. The van der Waals surface area contributed by atoms with Crippen LogP contribution in [0.2, 0.25) is 0 Å². The number of thiocarbonyl (C=S) groups is 1. The zero-order valence-electron chi connectivity index (χ0n) is 12.4. The summed E-state index contributed by atoms with van der Waals surface area (Å²) in [5.74, 6) is -0.117. The van der Waals surface area contributed by atoms with Crippen molar-refractivity contribution in [2.24, 2.45) is 0 Å². The number of rotatable bonds is 3. The highest BCUT2D eigenvalue weighted by Crippen LogP contribution is 2.37. The number of carbonyl (C=O) groups excluding carboxylic acids is 2. The summed E-state index contributed by atoms with van der Waals surface area (Å²) < 4.78 is 0.528. The Bertz CT molecular complexity index is 825. The lowest BCUT2D eigenvalue weighted by Crippen LogP contribution is -2.28. The molecule has 3 nitrogen and oxygen atoms in total. The molecule has 1 fully saturated rings. The van der Waals surface area contributed by atoms with Crippen LogP contribution in [-0.2, 0) is 4.79 Å². The first-order valence-corrected chi connectivity index (χ1v) is 8.21. The highest BCUT2D eigenvalue weighted by molar-refractivity contribution is 8.27. The molecule has 23 heavy (non-hydrogen) atoms. The normalized spacial score (nSPS) is 16.2. The molecule has 1 aliphatic heterocycles. The maximum absolute atomic E-state index is 12.7. The van der Waals surface area contributed by atoms with Gasteiger partial charge in [0.25, 0.3) is 5.91 Å². The van der Waals surface area contributed by atoms with Crippen molar-refractivity contribution in [1.82, 2.24) is 0 Å². The average molecular weight is 339 g/mol. The van der Waals surface area contributed by atoms with Crippen molar-refractivity contribution in [3.8, 4) is 0 Å². The minimum absolute atomic E-state index is 0.117. The van der Waals surface area contributed by atoms with Crippen molar-refractivity contribution in [3.05, 3.63) is 70.1 Å². The van der Waals surface area contributed by atoms with Gasteiger partial charge in [-0.3, -0.25) is 14.5 Å². The van der Waals surface area contributed by atoms with E-state index < -0.39 is 0 Å². The van der Waals surface area contributed by atoms with Gasteiger partial charge in [-0.15, -0.1) is 0 Å². The topological polar surface area (TPSA) is 37.4 Å². The van der Waals surface area contributed by atoms with Gasteiger partial charge in [0.2, 0.25) is 0 Å². The predicted octanol–water partition coefficient (Wildman–Crippen LogP) is 4.21. The van der Waals surface area contributed by atoms with Gasteiger partial charge >= 0.3 is 0 Å².